The molecule has 0 saturated carbocycles. The van der Waals surface area contributed by atoms with Crippen LogP contribution in [0.4, 0.5) is 5.69 Å². The number of halogens is 1. The van der Waals surface area contributed by atoms with E-state index in [1.807, 2.05) is 0 Å². The van der Waals surface area contributed by atoms with Gasteiger partial charge in [-0.2, -0.15) is 5.10 Å². The summed E-state index contributed by atoms with van der Waals surface area (Å²) in [6, 6.07) is 0.301. The second kappa shape index (κ2) is 4.59. The first kappa shape index (κ1) is 11.2. The minimum Gasteiger partial charge on any atom is -0.380 e. The number of aromatic nitrogens is 2. The lowest BCUT2D eigenvalue weighted by molar-refractivity contribution is 0.559. The monoisotopic (exact) mass is 259 g/mol. The van der Waals surface area contributed by atoms with Crippen molar-refractivity contribution in [3.63, 3.8) is 0 Å². The van der Waals surface area contributed by atoms with Crippen molar-refractivity contribution in [3.8, 4) is 0 Å². The molecule has 0 fully saturated rings. The van der Waals surface area contributed by atoms with Crippen LogP contribution in [0.1, 0.15) is 20.8 Å². The first-order valence-electron chi connectivity index (χ1n) is 4.52. The van der Waals surface area contributed by atoms with Gasteiger partial charge in [0.2, 0.25) is 0 Å². The van der Waals surface area contributed by atoms with Gasteiger partial charge in [-0.15, -0.1) is 0 Å². The zero-order valence-electron chi connectivity index (χ0n) is 8.47. The van der Waals surface area contributed by atoms with Crippen molar-refractivity contribution in [1.82, 2.24) is 10.2 Å². The van der Waals surface area contributed by atoms with E-state index in [4.69, 9.17) is 0 Å². The van der Waals surface area contributed by atoms with Crippen LogP contribution in [0.15, 0.2) is 15.5 Å². The van der Waals surface area contributed by atoms with Gasteiger partial charge in [0.1, 0.15) is 4.47 Å². The Morgan fingerprint density at radius 1 is 1.50 bits per heavy atom. The molecule has 78 valence electrons. The van der Waals surface area contributed by atoms with Crippen LogP contribution < -0.4 is 10.9 Å². The molecule has 1 aromatic heterocycles. The molecule has 1 unspecified atom stereocenters. The fourth-order valence-corrected chi connectivity index (χ4v) is 1.20. The Bertz CT molecular complexity index is 361. The molecular formula is C9H14BrN3O. The molecule has 2 N–H and O–H groups in total. The van der Waals surface area contributed by atoms with E-state index in [-0.39, 0.29) is 5.56 Å². The fraction of sp³-hybridized carbons (Fsp3) is 0.556. The van der Waals surface area contributed by atoms with Crippen molar-refractivity contribution >= 4 is 21.6 Å². The lowest BCUT2D eigenvalue weighted by atomic mass is 10.1. The second-order valence-electron chi connectivity index (χ2n) is 3.60. The van der Waals surface area contributed by atoms with Crippen molar-refractivity contribution in [1.29, 1.82) is 0 Å². The van der Waals surface area contributed by atoms with Crippen LogP contribution in [0.2, 0.25) is 0 Å². The molecule has 0 aromatic carbocycles. The number of anilines is 1. The molecule has 0 aliphatic rings. The predicted octanol–water partition coefficient (Wildman–Crippen LogP) is 1.99. The number of rotatable bonds is 3. The molecule has 0 radical (unpaired) electrons. The van der Waals surface area contributed by atoms with Crippen LogP contribution in [-0.2, 0) is 0 Å². The lowest BCUT2D eigenvalue weighted by Gasteiger charge is -2.18. The molecule has 5 heteroatoms. The van der Waals surface area contributed by atoms with Crippen molar-refractivity contribution in [2.45, 2.75) is 26.8 Å². The van der Waals surface area contributed by atoms with Gasteiger partial charge < -0.3 is 5.32 Å². The predicted molar refractivity (Wildman–Crippen MR) is 60.5 cm³/mol. The smallest absolute Gasteiger partial charge is 0.280 e. The minimum atomic E-state index is -0.217. The van der Waals surface area contributed by atoms with E-state index in [0.717, 1.165) is 5.69 Å². The number of nitrogens with one attached hydrogen (secondary N) is 2. The van der Waals surface area contributed by atoms with Gasteiger partial charge in [0.05, 0.1) is 11.9 Å². The second-order valence-corrected chi connectivity index (χ2v) is 4.40. The van der Waals surface area contributed by atoms with Crippen LogP contribution >= 0.6 is 15.9 Å². The van der Waals surface area contributed by atoms with Gasteiger partial charge in [-0.3, -0.25) is 4.79 Å². The highest BCUT2D eigenvalue weighted by Crippen LogP contribution is 2.18. The van der Waals surface area contributed by atoms with Gasteiger partial charge in [0, 0.05) is 6.04 Å². The molecule has 1 atom stereocenters. The summed E-state index contributed by atoms with van der Waals surface area (Å²) in [5.74, 6) is 0.501. The maximum absolute atomic E-state index is 11.2. The maximum atomic E-state index is 11.2. The first-order chi connectivity index (χ1) is 6.52. The highest BCUT2D eigenvalue weighted by molar-refractivity contribution is 9.10. The number of H-pyrrole nitrogens is 1. The summed E-state index contributed by atoms with van der Waals surface area (Å²) in [7, 11) is 0. The molecule has 14 heavy (non-hydrogen) atoms. The zero-order chi connectivity index (χ0) is 10.7. The summed E-state index contributed by atoms with van der Waals surface area (Å²) < 4.78 is 0.500. The van der Waals surface area contributed by atoms with Crippen molar-refractivity contribution in [2.24, 2.45) is 5.92 Å². The van der Waals surface area contributed by atoms with Gasteiger partial charge in [-0.25, -0.2) is 5.10 Å². The number of hydrogen-bond donors (Lipinski definition) is 2. The molecule has 0 spiro atoms. The third-order valence-corrected chi connectivity index (χ3v) is 2.97. The average Bonchev–Trinajstić information content (AvgIpc) is 2.12. The molecule has 1 rings (SSSR count). The summed E-state index contributed by atoms with van der Waals surface area (Å²) in [5.41, 5.74) is 0.515. The average molecular weight is 260 g/mol. The SMILES string of the molecule is CC(C)C(C)Nc1cn[nH]c(=O)c1Br. The molecular weight excluding hydrogens is 246 g/mol. The molecule has 4 nitrogen and oxygen atoms in total. The number of hydrogen-bond acceptors (Lipinski definition) is 3. The number of aromatic amines is 1. The normalized spacial score (nSPS) is 12.9. The summed E-state index contributed by atoms with van der Waals surface area (Å²) in [6.07, 6.45) is 1.60. The van der Waals surface area contributed by atoms with Gasteiger partial charge in [0.15, 0.2) is 0 Å². The topological polar surface area (TPSA) is 57.8 Å². The third kappa shape index (κ3) is 2.57. The molecule has 1 heterocycles. The zero-order valence-corrected chi connectivity index (χ0v) is 10.1. The lowest BCUT2D eigenvalue weighted by Crippen LogP contribution is -2.23. The molecule has 0 bridgehead atoms. The van der Waals surface area contributed by atoms with Crippen molar-refractivity contribution in [2.75, 3.05) is 5.32 Å². The van der Waals surface area contributed by atoms with E-state index in [9.17, 15) is 4.79 Å². The van der Waals surface area contributed by atoms with Crippen molar-refractivity contribution < 1.29 is 0 Å². The van der Waals surface area contributed by atoms with Crippen LogP contribution in [0.25, 0.3) is 0 Å². The Hall–Kier alpha value is -0.840. The largest absolute Gasteiger partial charge is 0.380 e. The summed E-state index contributed by atoms with van der Waals surface area (Å²) in [4.78, 5) is 11.2. The van der Waals surface area contributed by atoms with Gasteiger partial charge in [-0.05, 0) is 28.8 Å². The van der Waals surface area contributed by atoms with E-state index in [2.05, 4.69) is 52.2 Å². The van der Waals surface area contributed by atoms with Crippen molar-refractivity contribution in [3.05, 3.63) is 21.0 Å². The van der Waals surface area contributed by atoms with Crippen LogP contribution in [0, 0.1) is 5.92 Å². The number of nitrogens with zero attached hydrogens (tertiary/aromatic N) is 1. The first-order valence-corrected chi connectivity index (χ1v) is 5.31. The highest BCUT2D eigenvalue weighted by Gasteiger charge is 2.10. The quantitative estimate of drug-likeness (QED) is 0.873. The molecule has 0 aliphatic carbocycles. The summed E-state index contributed by atoms with van der Waals surface area (Å²) in [5, 5.41) is 9.30. The Morgan fingerprint density at radius 3 is 2.71 bits per heavy atom. The van der Waals surface area contributed by atoms with Crippen LogP contribution in [-0.4, -0.2) is 16.2 Å². The van der Waals surface area contributed by atoms with Crippen LogP contribution in [0.5, 0.6) is 0 Å². The summed E-state index contributed by atoms with van der Waals surface area (Å²) >= 11 is 3.21. The van der Waals surface area contributed by atoms with E-state index in [0.29, 0.717) is 16.4 Å². The molecule has 0 saturated heterocycles. The minimum absolute atomic E-state index is 0.217. The van der Waals surface area contributed by atoms with E-state index in [1.54, 1.807) is 6.20 Å². The van der Waals surface area contributed by atoms with Gasteiger partial charge in [0.25, 0.3) is 5.56 Å². The van der Waals surface area contributed by atoms with E-state index < -0.39 is 0 Å². The standard InChI is InChI=1S/C9H14BrN3O/c1-5(2)6(3)12-7-4-11-13-9(14)8(7)10/h4-6H,1-3H3,(H2,12,13,14). The third-order valence-electron chi connectivity index (χ3n) is 2.18. The van der Waals surface area contributed by atoms with Gasteiger partial charge >= 0.3 is 0 Å². The Labute approximate surface area is 91.2 Å². The Morgan fingerprint density at radius 2 is 2.14 bits per heavy atom. The van der Waals surface area contributed by atoms with E-state index >= 15 is 0 Å². The summed E-state index contributed by atoms with van der Waals surface area (Å²) in [6.45, 7) is 6.30. The Kier molecular flexibility index (Phi) is 3.69. The fourth-order valence-electron chi connectivity index (χ4n) is 0.896. The van der Waals surface area contributed by atoms with Crippen LogP contribution in [0.3, 0.4) is 0 Å². The van der Waals surface area contributed by atoms with E-state index in [1.165, 1.54) is 0 Å². The maximum Gasteiger partial charge on any atom is 0.280 e. The van der Waals surface area contributed by atoms with Gasteiger partial charge in [-0.1, -0.05) is 13.8 Å². The molecule has 1 aromatic rings. The molecule has 0 aliphatic heterocycles. The molecule has 0 amide bonds. The highest BCUT2D eigenvalue weighted by atomic mass is 79.9. The Balaban J connectivity index is 2.87.